The van der Waals surface area contributed by atoms with Crippen LogP contribution in [0.25, 0.3) is 10.8 Å². The molecular formula is C15H18N2O4. The molecule has 6 nitrogen and oxygen atoms in total. The van der Waals surface area contributed by atoms with Crippen LogP contribution in [0.15, 0.2) is 35.3 Å². The summed E-state index contributed by atoms with van der Waals surface area (Å²) in [5.41, 5.74) is 0.644. The minimum atomic E-state index is -0.906. The van der Waals surface area contributed by atoms with Gasteiger partial charge in [-0.3, -0.25) is 9.59 Å². The molecule has 1 aromatic heterocycles. The third kappa shape index (κ3) is 3.41. The van der Waals surface area contributed by atoms with Gasteiger partial charge >= 0.3 is 5.97 Å². The number of fused-ring (bicyclic) bond motifs is 1. The van der Waals surface area contributed by atoms with Crippen LogP contribution in [0.2, 0.25) is 0 Å². The van der Waals surface area contributed by atoms with E-state index in [0.717, 1.165) is 11.1 Å². The van der Waals surface area contributed by atoms with E-state index in [1.807, 2.05) is 6.07 Å². The number of carboxylic acids is 1. The van der Waals surface area contributed by atoms with Crippen molar-refractivity contribution >= 4 is 22.4 Å². The summed E-state index contributed by atoms with van der Waals surface area (Å²) in [5.74, 6) is -0.906. The molecule has 21 heavy (non-hydrogen) atoms. The van der Waals surface area contributed by atoms with Crippen molar-refractivity contribution in [3.05, 3.63) is 40.8 Å². The predicted molar refractivity (Wildman–Crippen MR) is 80.8 cm³/mol. The van der Waals surface area contributed by atoms with Gasteiger partial charge in [-0.2, -0.15) is 0 Å². The highest BCUT2D eigenvalue weighted by Gasteiger charge is 2.08. The normalized spacial score (nSPS) is 10.8. The maximum Gasteiger partial charge on any atom is 0.323 e. The van der Waals surface area contributed by atoms with E-state index < -0.39 is 5.97 Å². The molecule has 0 fully saturated rings. The Labute approximate surface area is 121 Å². The smallest absolute Gasteiger partial charge is 0.323 e. The largest absolute Gasteiger partial charge is 0.480 e. The number of aliphatic hydroxyl groups excluding tert-OH is 1. The van der Waals surface area contributed by atoms with Crippen LogP contribution in [-0.2, 0) is 11.3 Å². The number of aliphatic hydroxyl groups is 1. The van der Waals surface area contributed by atoms with E-state index in [4.69, 9.17) is 10.2 Å². The number of anilines is 1. The molecule has 1 aromatic carbocycles. The van der Waals surface area contributed by atoms with Gasteiger partial charge in [-0.05, 0) is 36.1 Å². The Morgan fingerprint density at radius 3 is 2.76 bits per heavy atom. The Bertz CT molecular complexity index is 708. The van der Waals surface area contributed by atoms with Crippen LogP contribution in [0.1, 0.15) is 6.42 Å². The summed E-state index contributed by atoms with van der Waals surface area (Å²) < 4.78 is 1.57. The molecule has 2 rings (SSSR count). The quantitative estimate of drug-likeness (QED) is 0.826. The molecule has 0 aliphatic rings. The highest BCUT2D eigenvalue weighted by atomic mass is 16.4. The molecule has 0 aliphatic carbocycles. The summed E-state index contributed by atoms with van der Waals surface area (Å²) in [5, 5.41) is 19.0. The third-order valence-electron chi connectivity index (χ3n) is 3.33. The van der Waals surface area contributed by atoms with Crippen molar-refractivity contribution in [2.24, 2.45) is 0 Å². The molecule has 0 spiro atoms. The van der Waals surface area contributed by atoms with E-state index in [-0.39, 0.29) is 18.7 Å². The van der Waals surface area contributed by atoms with Gasteiger partial charge in [-0.1, -0.05) is 0 Å². The van der Waals surface area contributed by atoms with Crippen molar-refractivity contribution < 1.29 is 15.0 Å². The number of aryl methyl sites for hydroxylation is 1. The Morgan fingerprint density at radius 2 is 2.10 bits per heavy atom. The van der Waals surface area contributed by atoms with Crippen molar-refractivity contribution in [2.45, 2.75) is 13.0 Å². The molecule has 0 radical (unpaired) electrons. The third-order valence-corrected chi connectivity index (χ3v) is 3.33. The van der Waals surface area contributed by atoms with E-state index in [9.17, 15) is 9.59 Å². The number of rotatable bonds is 6. The first-order valence-corrected chi connectivity index (χ1v) is 6.70. The SMILES string of the molecule is CN(CC(=O)O)c1ccc2c(=O)n(CCCO)ccc2c1. The fourth-order valence-electron chi connectivity index (χ4n) is 2.22. The zero-order valence-corrected chi connectivity index (χ0v) is 11.8. The number of aliphatic carboxylic acids is 1. The zero-order chi connectivity index (χ0) is 15.4. The van der Waals surface area contributed by atoms with Crippen LogP contribution in [0.4, 0.5) is 5.69 Å². The number of pyridine rings is 1. The predicted octanol–water partition coefficient (Wildman–Crippen LogP) is 0.905. The Balaban J connectivity index is 2.37. The van der Waals surface area contributed by atoms with Gasteiger partial charge in [0.2, 0.25) is 0 Å². The number of nitrogens with zero attached hydrogens (tertiary/aromatic N) is 2. The maximum absolute atomic E-state index is 12.3. The first kappa shape index (κ1) is 15.1. The summed E-state index contributed by atoms with van der Waals surface area (Å²) in [6, 6.07) is 7.08. The van der Waals surface area contributed by atoms with Crippen LogP contribution in [-0.4, -0.2) is 40.9 Å². The summed E-state index contributed by atoms with van der Waals surface area (Å²) >= 11 is 0. The van der Waals surface area contributed by atoms with E-state index >= 15 is 0 Å². The molecule has 112 valence electrons. The number of hydrogen-bond donors (Lipinski definition) is 2. The number of carboxylic acid groups (broad SMARTS) is 1. The molecule has 6 heteroatoms. The molecule has 1 heterocycles. The second kappa shape index (κ2) is 6.41. The van der Waals surface area contributed by atoms with Crippen molar-refractivity contribution in [3.63, 3.8) is 0 Å². The Morgan fingerprint density at radius 1 is 1.33 bits per heavy atom. The highest BCUT2D eigenvalue weighted by molar-refractivity contribution is 5.85. The summed E-state index contributed by atoms with van der Waals surface area (Å²) in [4.78, 5) is 24.6. The van der Waals surface area contributed by atoms with Crippen molar-refractivity contribution in [3.8, 4) is 0 Å². The lowest BCUT2D eigenvalue weighted by atomic mass is 10.1. The molecule has 0 saturated heterocycles. The average Bonchev–Trinajstić information content (AvgIpc) is 2.45. The second-order valence-electron chi connectivity index (χ2n) is 4.91. The number of likely N-dealkylation sites (N-methyl/N-ethyl adjacent to an activating group) is 1. The molecule has 0 atom stereocenters. The summed E-state index contributed by atoms with van der Waals surface area (Å²) in [6.45, 7) is 0.425. The number of aromatic nitrogens is 1. The fourth-order valence-corrected chi connectivity index (χ4v) is 2.22. The highest BCUT2D eigenvalue weighted by Crippen LogP contribution is 2.19. The van der Waals surface area contributed by atoms with E-state index in [1.54, 1.807) is 40.9 Å². The van der Waals surface area contributed by atoms with Gasteiger partial charge in [0.25, 0.3) is 5.56 Å². The lowest BCUT2D eigenvalue weighted by molar-refractivity contribution is -0.135. The van der Waals surface area contributed by atoms with Gasteiger partial charge in [-0.25, -0.2) is 0 Å². The van der Waals surface area contributed by atoms with Gasteiger partial charge in [-0.15, -0.1) is 0 Å². The Hall–Kier alpha value is -2.34. The average molecular weight is 290 g/mol. The van der Waals surface area contributed by atoms with E-state index in [2.05, 4.69) is 0 Å². The van der Waals surface area contributed by atoms with E-state index in [0.29, 0.717) is 18.4 Å². The molecule has 0 amide bonds. The molecule has 0 bridgehead atoms. The topological polar surface area (TPSA) is 82.8 Å². The van der Waals surface area contributed by atoms with Gasteiger partial charge in [0, 0.05) is 37.5 Å². The van der Waals surface area contributed by atoms with Gasteiger partial charge in [0.15, 0.2) is 0 Å². The van der Waals surface area contributed by atoms with Crippen LogP contribution in [0, 0.1) is 0 Å². The van der Waals surface area contributed by atoms with Gasteiger partial charge in [0.1, 0.15) is 6.54 Å². The van der Waals surface area contributed by atoms with E-state index in [1.165, 1.54) is 0 Å². The summed E-state index contributed by atoms with van der Waals surface area (Å²) in [6.07, 6.45) is 2.23. The summed E-state index contributed by atoms with van der Waals surface area (Å²) in [7, 11) is 1.69. The minimum Gasteiger partial charge on any atom is -0.480 e. The first-order valence-electron chi connectivity index (χ1n) is 6.70. The van der Waals surface area contributed by atoms with Crippen LogP contribution < -0.4 is 10.5 Å². The molecule has 2 aromatic rings. The lowest BCUT2D eigenvalue weighted by Gasteiger charge is -2.17. The van der Waals surface area contributed by atoms with Gasteiger partial charge < -0.3 is 19.7 Å². The van der Waals surface area contributed by atoms with Gasteiger partial charge in [0.05, 0.1) is 0 Å². The van der Waals surface area contributed by atoms with Crippen molar-refractivity contribution in [1.82, 2.24) is 4.57 Å². The Kier molecular flexibility index (Phi) is 4.59. The fraction of sp³-hybridized carbons (Fsp3) is 0.333. The molecule has 0 unspecified atom stereocenters. The van der Waals surface area contributed by atoms with Crippen LogP contribution in [0.3, 0.4) is 0 Å². The minimum absolute atomic E-state index is 0.0450. The van der Waals surface area contributed by atoms with Crippen molar-refractivity contribution in [2.75, 3.05) is 25.1 Å². The number of hydrogen-bond acceptors (Lipinski definition) is 4. The monoisotopic (exact) mass is 290 g/mol. The van der Waals surface area contributed by atoms with Crippen molar-refractivity contribution in [1.29, 1.82) is 0 Å². The molecule has 0 aliphatic heterocycles. The maximum atomic E-state index is 12.3. The standard InChI is InChI=1S/C15H18N2O4/c1-16(10-14(19)20)12-3-4-13-11(9-12)5-7-17(15(13)21)6-2-8-18/h3-5,7,9,18H,2,6,8,10H2,1H3,(H,19,20). The zero-order valence-electron chi connectivity index (χ0n) is 11.8. The molecule has 2 N–H and O–H groups in total. The number of benzene rings is 1. The van der Waals surface area contributed by atoms with Crippen LogP contribution in [0.5, 0.6) is 0 Å². The second-order valence-corrected chi connectivity index (χ2v) is 4.91. The van der Waals surface area contributed by atoms with Crippen LogP contribution >= 0.6 is 0 Å². The molecule has 0 saturated carbocycles. The first-order chi connectivity index (χ1) is 10.0. The number of carbonyl (C=O) groups is 1. The lowest BCUT2D eigenvalue weighted by Crippen LogP contribution is -2.25. The molecular weight excluding hydrogens is 272 g/mol.